The Bertz CT molecular complexity index is 1150. The Morgan fingerprint density at radius 2 is 1.90 bits per heavy atom. The first-order chi connectivity index (χ1) is 13.9. The van der Waals surface area contributed by atoms with Gasteiger partial charge in [0.25, 0.3) is 5.91 Å². The Morgan fingerprint density at radius 1 is 1.21 bits per heavy atom. The van der Waals surface area contributed by atoms with E-state index in [1.165, 1.54) is 0 Å². The molecule has 1 aliphatic rings. The highest BCUT2D eigenvalue weighted by Crippen LogP contribution is 2.41. The van der Waals surface area contributed by atoms with E-state index in [1.54, 1.807) is 49.4 Å². The molecule has 4 rings (SSSR count). The highest BCUT2D eigenvalue weighted by molar-refractivity contribution is 6.31. The number of aromatic nitrogens is 1. The number of benzene rings is 2. The molecule has 7 nitrogen and oxygen atoms in total. The van der Waals surface area contributed by atoms with E-state index in [4.69, 9.17) is 32.4 Å². The van der Waals surface area contributed by atoms with Crippen molar-refractivity contribution in [2.45, 2.75) is 13.0 Å². The fraction of sp³-hybridized carbons (Fsp3) is 0.150. The zero-order valence-electron chi connectivity index (χ0n) is 15.1. The lowest BCUT2D eigenvalue weighted by Gasteiger charge is -2.23. The van der Waals surface area contributed by atoms with Crippen molar-refractivity contribution in [1.29, 1.82) is 0 Å². The summed E-state index contributed by atoms with van der Waals surface area (Å²) in [6.45, 7) is 1.71. The van der Waals surface area contributed by atoms with Gasteiger partial charge in [0.05, 0.1) is 6.61 Å². The van der Waals surface area contributed by atoms with Gasteiger partial charge in [-0.05, 0) is 36.8 Å². The maximum atomic E-state index is 12.9. The molecule has 0 aliphatic carbocycles. The summed E-state index contributed by atoms with van der Waals surface area (Å²) in [5, 5.41) is 11.4. The van der Waals surface area contributed by atoms with Crippen molar-refractivity contribution in [2.75, 3.05) is 11.5 Å². The van der Waals surface area contributed by atoms with Gasteiger partial charge in [0.15, 0.2) is 11.3 Å². The molecule has 0 saturated carbocycles. The molecule has 148 valence electrons. The van der Waals surface area contributed by atoms with Crippen molar-refractivity contribution < 1.29 is 23.8 Å². The number of rotatable bonds is 4. The van der Waals surface area contributed by atoms with Gasteiger partial charge < -0.3 is 14.3 Å². The summed E-state index contributed by atoms with van der Waals surface area (Å²) in [7, 11) is 0. The zero-order chi connectivity index (χ0) is 20.7. The number of ether oxygens (including phenoxy) is 1. The van der Waals surface area contributed by atoms with Crippen molar-refractivity contribution in [2.24, 2.45) is 0 Å². The van der Waals surface area contributed by atoms with E-state index in [-0.39, 0.29) is 18.2 Å². The predicted octanol–water partition coefficient (Wildman–Crippen LogP) is 4.60. The second-order valence-electron chi connectivity index (χ2n) is 6.22. The molecule has 0 saturated heterocycles. The Labute approximate surface area is 175 Å². The lowest BCUT2D eigenvalue weighted by atomic mass is 9.99. The lowest BCUT2D eigenvalue weighted by molar-refractivity contribution is -0.139. The molecule has 1 aliphatic heterocycles. The third-order valence-corrected chi connectivity index (χ3v) is 4.92. The van der Waals surface area contributed by atoms with Crippen LogP contribution in [0.25, 0.3) is 11.1 Å². The van der Waals surface area contributed by atoms with Crippen LogP contribution in [0.1, 0.15) is 18.5 Å². The van der Waals surface area contributed by atoms with Crippen LogP contribution in [0.3, 0.4) is 0 Å². The quantitative estimate of drug-likeness (QED) is 0.605. The van der Waals surface area contributed by atoms with Gasteiger partial charge in [0.2, 0.25) is 0 Å². The van der Waals surface area contributed by atoms with Crippen LogP contribution in [0.15, 0.2) is 58.2 Å². The second-order valence-corrected chi connectivity index (χ2v) is 7.09. The van der Waals surface area contributed by atoms with Crippen molar-refractivity contribution in [3.05, 3.63) is 69.4 Å². The Hall–Kier alpha value is -3.03. The summed E-state index contributed by atoms with van der Waals surface area (Å²) < 4.78 is 10.8. The van der Waals surface area contributed by atoms with Gasteiger partial charge in [-0.3, -0.25) is 4.79 Å². The summed E-state index contributed by atoms with van der Waals surface area (Å²) in [5.74, 6) is -2.35. The fourth-order valence-corrected chi connectivity index (χ4v) is 3.46. The monoisotopic (exact) mass is 432 g/mol. The molecule has 1 N–H and O–H groups in total. The molecule has 0 bridgehead atoms. The number of oxazole rings is 1. The minimum atomic E-state index is -0.998. The second kappa shape index (κ2) is 7.42. The third-order valence-electron chi connectivity index (χ3n) is 4.43. The highest BCUT2D eigenvalue weighted by Gasteiger charge is 2.47. The smallest absolute Gasteiger partial charge is 0.340 e. The van der Waals surface area contributed by atoms with E-state index >= 15 is 0 Å². The molecular weight excluding hydrogens is 419 g/mol. The summed E-state index contributed by atoms with van der Waals surface area (Å²) in [4.78, 5) is 30.8. The average molecular weight is 433 g/mol. The largest absolute Gasteiger partial charge is 0.503 e. The number of aliphatic hydroxyl groups excluding tert-OH is 1. The van der Waals surface area contributed by atoms with Crippen LogP contribution >= 0.6 is 23.2 Å². The molecule has 0 radical (unpaired) electrons. The summed E-state index contributed by atoms with van der Waals surface area (Å²) in [5.41, 5.74) is 1.16. The number of amides is 1. The number of anilines is 1. The van der Waals surface area contributed by atoms with Crippen molar-refractivity contribution in [3.8, 4) is 0 Å². The van der Waals surface area contributed by atoms with Gasteiger partial charge in [-0.25, -0.2) is 9.69 Å². The number of hydrogen-bond donors (Lipinski definition) is 1. The molecule has 1 atom stereocenters. The topological polar surface area (TPSA) is 92.9 Å². The first kappa shape index (κ1) is 19.3. The number of esters is 1. The average Bonchev–Trinajstić information content (AvgIpc) is 3.21. The van der Waals surface area contributed by atoms with E-state index in [0.29, 0.717) is 26.7 Å². The van der Waals surface area contributed by atoms with Gasteiger partial charge in [-0.15, -0.1) is 0 Å². The molecule has 9 heteroatoms. The Kier molecular flexibility index (Phi) is 4.94. The number of carbonyl (C=O) groups excluding carboxylic acids is 2. The maximum absolute atomic E-state index is 12.9. The molecule has 29 heavy (non-hydrogen) atoms. The van der Waals surface area contributed by atoms with Crippen molar-refractivity contribution >= 4 is 52.2 Å². The lowest BCUT2D eigenvalue weighted by Crippen LogP contribution is -2.31. The summed E-state index contributed by atoms with van der Waals surface area (Å²) in [6, 6.07) is 10.3. The number of carbonyl (C=O) groups is 2. The highest BCUT2D eigenvalue weighted by atomic mass is 35.5. The number of fused-ring (bicyclic) bond motifs is 1. The van der Waals surface area contributed by atoms with Crippen LogP contribution in [0, 0.1) is 0 Å². The Balaban J connectivity index is 1.87. The summed E-state index contributed by atoms with van der Waals surface area (Å²) in [6.07, 6.45) is 0. The van der Waals surface area contributed by atoms with Crippen LogP contribution in [0.4, 0.5) is 6.01 Å². The van der Waals surface area contributed by atoms with Crippen LogP contribution < -0.4 is 4.90 Å². The van der Waals surface area contributed by atoms with Gasteiger partial charge in [0.1, 0.15) is 17.1 Å². The molecule has 2 aromatic carbocycles. The van der Waals surface area contributed by atoms with E-state index in [9.17, 15) is 14.7 Å². The number of hydrogen-bond acceptors (Lipinski definition) is 6. The fourth-order valence-electron chi connectivity index (χ4n) is 3.17. The first-order valence-electron chi connectivity index (χ1n) is 8.66. The van der Waals surface area contributed by atoms with E-state index in [2.05, 4.69) is 4.98 Å². The standard InChI is InChI=1S/C20H14Cl2N2O5/c1-2-28-19(27)15-16(10-3-5-11(21)6-4-10)24(18(26)17(15)25)20-23-13-8-7-12(22)9-14(13)29-20/h3-9,16,25H,2H2,1H3. The molecule has 0 fully saturated rings. The first-order valence-corrected chi connectivity index (χ1v) is 9.41. The normalized spacial score (nSPS) is 16.7. The molecular formula is C20H14Cl2N2O5. The zero-order valence-corrected chi connectivity index (χ0v) is 16.6. The number of nitrogens with zero attached hydrogens (tertiary/aromatic N) is 2. The van der Waals surface area contributed by atoms with Gasteiger partial charge in [0, 0.05) is 16.1 Å². The molecule has 0 spiro atoms. The van der Waals surface area contributed by atoms with Crippen molar-refractivity contribution in [1.82, 2.24) is 4.98 Å². The van der Waals surface area contributed by atoms with Crippen LogP contribution in [0.2, 0.25) is 10.0 Å². The van der Waals surface area contributed by atoms with E-state index < -0.39 is 23.7 Å². The SMILES string of the molecule is CCOC(=O)C1=C(O)C(=O)N(c2nc3ccc(Cl)cc3o2)C1c1ccc(Cl)cc1. The third kappa shape index (κ3) is 3.32. The summed E-state index contributed by atoms with van der Waals surface area (Å²) >= 11 is 12.0. The van der Waals surface area contributed by atoms with E-state index in [1.807, 2.05) is 0 Å². The van der Waals surface area contributed by atoms with Crippen LogP contribution in [0.5, 0.6) is 0 Å². The van der Waals surface area contributed by atoms with E-state index in [0.717, 1.165) is 4.90 Å². The molecule has 2 heterocycles. The van der Waals surface area contributed by atoms with Gasteiger partial charge >= 0.3 is 12.0 Å². The van der Waals surface area contributed by atoms with Crippen molar-refractivity contribution in [3.63, 3.8) is 0 Å². The number of halogens is 2. The van der Waals surface area contributed by atoms with Crippen LogP contribution in [-0.2, 0) is 14.3 Å². The molecule has 1 amide bonds. The minimum absolute atomic E-state index is 0.0819. The Morgan fingerprint density at radius 3 is 2.59 bits per heavy atom. The van der Waals surface area contributed by atoms with Gasteiger partial charge in [-0.2, -0.15) is 4.98 Å². The number of aliphatic hydroxyl groups is 1. The minimum Gasteiger partial charge on any atom is -0.503 e. The molecule has 1 aromatic heterocycles. The molecule has 1 unspecified atom stereocenters. The molecule has 3 aromatic rings. The predicted molar refractivity (Wildman–Crippen MR) is 107 cm³/mol. The van der Waals surface area contributed by atoms with Gasteiger partial charge in [-0.1, -0.05) is 35.3 Å². The maximum Gasteiger partial charge on any atom is 0.340 e. The van der Waals surface area contributed by atoms with Crippen LogP contribution in [-0.4, -0.2) is 28.6 Å².